The summed E-state index contributed by atoms with van der Waals surface area (Å²) in [5, 5.41) is 3.57. The van der Waals surface area contributed by atoms with Crippen LogP contribution in [0.2, 0.25) is 0 Å². The summed E-state index contributed by atoms with van der Waals surface area (Å²) in [6.45, 7) is 2.56. The lowest BCUT2D eigenvalue weighted by atomic mass is 9.64. The van der Waals surface area contributed by atoms with E-state index in [9.17, 15) is 0 Å². The average molecular weight is 273 g/mol. The molecule has 1 N–H and O–H groups in total. The second-order valence-electron chi connectivity index (χ2n) is 6.70. The highest BCUT2D eigenvalue weighted by atomic mass is 32.2. The van der Waals surface area contributed by atoms with E-state index < -0.39 is 0 Å². The van der Waals surface area contributed by atoms with Gasteiger partial charge in [-0.25, -0.2) is 0 Å². The third-order valence-corrected chi connectivity index (χ3v) is 6.88. The molecule has 1 saturated heterocycles. The monoisotopic (exact) mass is 273 g/mol. The molecule has 2 fully saturated rings. The molecule has 0 amide bonds. The maximum absolute atomic E-state index is 3.57. The van der Waals surface area contributed by atoms with Crippen LogP contribution in [-0.4, -0.2) is 18.8 Å². The maximum atomic E-state index is 3.57. The third kappa shape index (κ3) is 2.04. The first-order valence-corrected chi connectivity index (χ1v) is 8.78. The molecule has 3 aliphatic rings. The van der Waals surface area contributed by atoms with E-state index in [1.165, 1.54) is 50.9 Å². The molecule has 1 aliphatic carbocycles. The van der Waals surface area contributed by atoms with Crippen LogP contribution >= 0.6 is 11.8 Å². The molecule has 1 nitrogen and oxygen atoms in total. The Morgan fingerprint density at radius 2 is 1.95 bits per heavy atom. The first kappa shape index (κ1) is 12.3. The fourth-order valence-corrected chi connectivity index (χ4v) is 5.73. The molecular formula is C17H23NS. The van der Waals surface area contributed by atoms with Gasteiger partial charge in [-0.3, -0.25) is 0 Å². The zero-order valence-corrected chi connectivity index (χ0v) is 12.3. The minimum absolute atomic E-state index is 0.638. The van der Waals surface area contributed by atoms with Crippen LogP contribution in [0.5, 0.6) is 0 Å². The number of thioether (sulfide) groups is 1. The summed E-state index contributed by atoms with van der Waals surface area (Å²) in [6, 6.07) is 9.08. The van der Waals surface area contributed by atoms with Crippen molar-refractivity contribution >= 4 is 11.8 Å². The molecule has 4 rings (SSSR count). The van der Waals surface area contributed by atoms with Crippen LogP contribution < -0.4 is 5.32 Å². The fourth-order valence-electron chi connectivity index (χ4n) is 4.47. The molecule has 0 aromatic heterocycles. The van der Waals surface area contributed by atoms with Gasteiger partial charge in [-0.15, -0.1) is 11.8 Å². The SMILES string of the molecule is c1ccc2c(c1)SCC2CC1(C2CCCC2)CNC1. The Hall–Kier alpha value is -0.470. The third-order valence-electron chi connectivity index (χ3n) is 5.63. The van der Waals surface area contributed by atoms with Crippen LogP contribution in [0.1, 0.15) is 43.6 Å². The average Bonchev–Trinajstić information content (AvgIpc) is 3.04. The molecule has 1 saturated carbocycles. The van der Waals surface area contributed by atoms with Crippen molar-refractivity contribution < 1.29 is 0 Å². The van der Waals surface area contributed by atoms with Crippen molar-refractivity contribution in [1.29, 1.82) is 0 Å². The Morgan fingerprint density at radius 1 is 1.16 bits per heavy atom. The molecule has 19 heavy (non-hydrogen) atoms. The van der Waals surface area contributed by atoms with E-state index in [2.05, 4.69) is 41.3 Å². The summed E-state index contributed by atoms with van der Waals surface area (Å²) in [4.78, 5) is 1.54. The quantitative estimate of drug-likeness (QED) is 0.892. The summed E-state index contributed by atoms with van der Waals surface area (Å²) < 4.78 is 0. The van der Waals surface area contributed by atoms with Crippen LogP contribution in [-0.2, 0) is 0 Å². The molecule has 0 bridgehead atoms. The van der Waals surface area contributed by atoms with Crippen LogP contribution in [0.3, 0.4) is 0 Å². The van der Waals surface area contributed by atoms with Crippen LogP contribution in [0, 0.1) is 11.3 Å². The Balaban J connectivity index is 1.54. The fraction of sp³-hybridized carbons (Fsp3) is 0.647. The minimum Gasteiger partial charge on any atom is -0.316 e. The molecule has 0 spiro atoms. The lowest BCUT2D eigenvalue weighted by molar-refractivity contribution is 0.0633. The number of nitrogens with one attached hydrogen (secondary N) is 1. The molecule has 1 aromatic rings. The van der Waals surface area contributed by atoms with Gasteiger partial charge in [0.2, 0.25) is 0 Å². The van der Waals surface area contributed by atoms with Gasteiger partial charge in [0.15, 0.2) is 0 Å². The molecule has 102 valence electrons. The molecule has 2 aliphatic heterocycles. The largest absolute Gasteiger partial charge is 0.316 e. The Bertz CT molecular complexity index is 460. The zero-order chi connectivity index (χ0) is 12.7. The van der Waals surface area contributed by atoms with Gasteiger partial charge >= 0.3 is 0 Å². The summed E-state index contributed by atoms with van der Waals surface area (Å²) in [5.41, 5.74) is 2.27. The Morgan fingerprint density at radius 3 is 2.68 bits per heavy atom. The van der Waals surface area contributed by atoms with E-state index in [4.69, 9.17) is 0 Å². The highest BCUT2D eigenvalue weighted by Gasteiger charge is 2.46. The van der Waals surface area contributed by atoms with Gasteiger partial charge in [-0.05, 0) is 48.1 Å². The van der Waals surface area contributed by atoms with Gasteiger partial charge in [0.25, 0.3) is 0 Å². The van der Waals surface area contributed by atoms with Gasteiger partial charge in [0.05, 0.1) is 0 Å². The van der Waals surface area contributed by atoms with Crippen molar-refractivity contribution in [3.05, 3.63) is 29.8 Å². The lowest BCUT2D eigenvalue weighted by Gasteiger charge is -2.49. The van der Waals surface area contributed by atoms with Crippen LogP contribution in [0.15, 0.2) is 29.2 Å². The predicted molar refractivity (Wildman–Crippen MR) is 81.8 cm³/mol. The summed E-state index contributed by atoms with van der Waals surface area (Å²) in [6.07, 6.45) is 7.35. The molecule has 1 atom stereocenters. The van der Waals surface area contributed by atoms with Crippen LogP contribution in [0.25, 0.3) is 0 Å². The number of benzene rings is 1. The summed E-state index contributed by atoms with van der Waals surface area (Å²) >= 11 is 2.07. The van der Waals surface area contributed by atoms with E-state index in [0.717, 1.165) is 11.8 Å². The second-order valence-corrected chi connectivity index (χ2v) is 7.76. The second kappa shape index (κ2) is 4.82. The van der Waals surface area contributed by atoms with Crippen molar-refractivity contribution in [3.63, 3.8) is 0 Å². The van der Waals surface area contributed by atoms with E-state index in [1.807, 2.05) is 0 Å². The predicted octanol–water partition coefficient (Wildman–Crippen LogP) is 4.05. The van der Waals surface area contributed by atoms with Crippen LogP contribution in [0.4, 0.5) is 0 Å². The summed E-state index contributed by atoms with van der Waals surface area (Å²) in [5.74, 6) is 3.13. The van der Waals surface area contributed by atoms with Crippen molar-refractivity contribution in [1.82, 2.24) is 5.32 Å². The zero-order valence-electron chi connectivity index (χ0n) is 11.5. The first-order valence-electron chi connectivity index (χ1n) is 7.80. The van der Waals surface area contributed by atoms with Gasteiger partial charge in [0, 0.05) is 23.7 Å². The Labute approximate surface area is 120 Å². The van der Waals surface area contributed by atoms with Gasteiger partial charge < -0.3 is 5.32 Å². The van der Waals surface area contributed by atoms with Gasteiger partial charge in [0.1, 0.15) is 0 Å². The maximum Gasteiger partial charge on any atom is 0.0107 e. The minimum atomic E-state index is 0.638. The van der Waals surface area contributed by atoms with Crippen molar-refractivity contribution in [2.45, 2.75) is 42.9 Å². The normalized spacial score (nSPS) is 29.2. The number of fused-ring (bicyclic) bond motifs is 1. The summed E-state index contributed by atoms with van der Waals surface area (Å²) in [7, 11) is 0. The van der Waals surface area contributed by atoms with E-state index in [1.54, 1.807) is 10.5 Å². The van der Waals surface area contributed by atoms with E-state index in [-0.39, 0.29) is 0 Å². The lowest BCUT2D eigenvalue weighted by Crippen LogP contribution is -2.57. The molecule has 0 radical (unpaired) electrons. The molecule has 2 heteroatoms. The molecule has 1 unspecified atom stereocenters. The Kier molecular flexibility index (Phi) is 3.12. The molecular weight excluding hydrogens is 250 g/mol. The number of hydrogen-bond donors (Lipinski definition) is 1. The highest BCUT2D eigenvalue weighted by molar-refractivity contribution is 7.99. The van der Waals surface area contributed by atoms with E-state index in [0.29, 0.717) is 5.41 Å². The van der Waals surface area contributed by atoms with E-state index >= 15 is 0 Å². The topological polar surface area (TPSA) is 12.0 Å². The highest BCUT2D eigenvalue weighted by Crippen LogP contribution is 2.51. The van der Waals surface area contributed by atoms with Crippen molar-refractivity contribution in [2.24, 2.45) is 11.3 Å². The number of hydrogen-bond acceptors (Lipinski definition) is 2. The molecule has 2 heterocycles. The standard InChI is InChI=1S/C17H23NS/c1-2-6-14(5-1)17(11-18-12-17)9-13-10-19-16-8-4-3-7-15(13)16/h3-4,7-8,13-14,18H,1-2,5-6,9-12H2. The van der Waals surface area contributed by atoms with Gasteiger partial charge in [-0.2, -0.15) is 0 Å². The molecule has 1 aromatic carbocycles. The van der Waals surface area contributed by atoms with Gasteiger partial charge in [-0.1, -0.05) is 31.0 Å². The van der Waals surface area contributed by atoms with Crippen molar-refractivity contribution in [3.8, 4) is 0 Å². The smallest absolute Gasteiger partial charge is 0.0107 e. The first-order chi connectivity index (χ1) is 9.37. The van der Waals surface area contributed by atoms with Crippen molar-refractivity contribution in [2.75, 3.05) is 18.8 Å². The number of rotatable bonds is 3.